The Morgan fingerprint density at radius 3 is 2.80 bits per heavy atom. The van der Waals surface area contributed by atoms with Gasteiger partial charge in [-0.3, -0.25) is 9.48 Å². The molecule has 0 aliphatic carbocycles. The zero-order valence-corrected chi connectivity index (χ0v) is 12.0. The van der Waals surface area contributed by atoms with E-state index in [0.717, 1.165) is 0 Å². The molecule has 1 unspecified atom stereocenters. The predicted octanol–water partition coefficient (Wildman–Crippen LogP) is 2.23. The second-order valence-corrected chi connectivity index (χ2v) is 4.47. The molecule has 1 heterocycles. The van der Waals surface area contributed by atoms with Crippen LogP contribution in [0.25, 0.3) is 0 Å². The zero-order valence-electron chi connectivity index (χ0n) is 12.0. The van der Waals surface area contributed by atoms with Crippen molar-refractivity contribution in [3.63, 3.8) is 0 Å². The number of hydrogen-bond donors (Lipinski definition) is 1. The predicted molar refractivity (Wildman–Crippen MR) is 70.8 cm³/mol. The van der Waals surface area contributed by atoms with E-state index in [2.05, 4.69) is 10.4 Å². The lowest BCUT2D eigenvalue weighted by molar-refractivity contribution is -0.124. The molecule has 1 aromatic rings. The van der Waals surface area contributed by atoms with Crippen molar-refractivity contribution in [2.75, 3.05) is 19.8 Å². The lowest BCUT2D eigenvalue weighted by Crippen LogP contribution is -2.33. The second-order valence-electron chi connectivity index (χ2n) is 4.47. The second kappa shape index (κ2) is 7.94. The third-order valence-corrected chi connectivity index (χ3v) is 2.88. The number of carbonyl (C=O) groups is 1. The number of aryl methyl sites for hydroxylation is 1. The lowest BCUT2D eigenvalue weighted by atomic mass is 10.3. The molecule has 0 spiro atoms. The van der Waals surface area contributed by atoms with Gasteiger partial charge in [-0.25, -0.2) is 8.78 Å². The highest BCUT2D eigenvalue weighted by Crippen LogP contribution is 2.20. The largest absolute Gasteiger partial charge is 0.382 e. The third kappa shape index (κ3) is 4.56. The first-order chi connectivity index (χ1) is 9.47. The normalized spacial score (nSPS) is 12.7. The Morgan fingerprint density at radius 2 is 2.25 bits per heavy atom. The van der Waals surface area contributed by atoms with Gasteiger partial charge in [-0.2, -0.15) is 5.10 Å². The first-order valence-electron chi connectivity index (χ1n) is 6.67. The van der Waals surface area contributed by atoms with E-state index in [0.29, 0.717) is 31.9 Å². The highest BCUT2D eigenvalue weighted by molar-refractivity contribution is 5.79. The average molecular weight is 289 g/mol. The minimum atomic E-state index is -2.63. The van der Waals surface area contributed by atoms with Crippen molar-refractivity contribution < 1.29 is 18.3 Å². The smallest absolute Gasteiger partial charge is 0.282 e. The van der Waals surface area contributed by atoms with Gasteiger partial charge in [0.2, 0.25) is 5.91 Å². The summed E-state index contributed by atoms with van der Waals surface area (Å²) in [7, 11) is 0. The molecule has 0 aliphatic heterocycles. The Balaban J connectivity index is 2.52. The topological polar surface area (TPSA) is 56.1 Å². The van der Waals surface area contributed by atoms with Crippen LogP contribution in [0, 0.1) is 6.92 Å². The molecule has 1 aromatic heterocycles. The summed E-state index contributed by atoms with van der Waals surface area (Å²) in [6.45, 7) is 6.91. The fourth-order valence-corrected chi connectivity index (χ4v) is 1.80. The Kier molecular flexibility index (Phi) is 6.57. The molecule has 20 heavy (non-hydrogen) atoms. The number of aromatic nitrogens is 2. The Bertz CT molecular complexity index is 435. The van der Waals surface area contributed by atoms with Gasteiger partial charge in [0.1, 0.15) is 11.7 Å². The highest BCUT2D eigenvalue weighted by atomic mass is 19.3. The van der Waals surface area contributed by atoms with E-state index >= 15 is 0 Å². The molecule has 0 saturated heterocycles. The molecule has 0 radical (unpaired) electrons. The summed E-state index contributed by atoms with van der Waals surface area (Å²) < 4.78 is 31.6. The maximum absolute atomic E-state index is 12.6. The maximum atomic E-state index is 12.6. The fraction of sp³-hybridized carbons (Fsp3) is 0.692. The fourth-order valence-electron chi connectivity index (χ4n) is 1.80. The van der Waals surface area contributed by atoms with Crippen molar-refractivity contribution >= 4 is 5.91 Å². The Labute approximate surface area is 117 Å². The number of nitrogens with one attached hydrogen (secondary N) is 1. The number of carbonyl (C=O) groups excluding carboxylic acids is 1. The zero-order chi connectivity index (χ0) is 15.1. The third-order valence-electron chi connectivity index (χ3n) is 2.88. The van der Waals surface area contributed by atoms with Crippen molar-refractivity contribution in [3.05, 3.63) is 17.5 Å². The van der Waals surface area contributed by atoms with Crippen LogP contribution in [0.1, 0.15) is 44.1 Å². The van der Waals surface area contributed by atoms with E-state index in [1.165, 1.54) is 10.7 Å². The molecule has 1 amide bonds. The molecule has 0 aliphatic rings. The highest BCUT2D eigenvalue weighted by Gasteiger charge is 2.20. The molecule has 114 valence electrons. The number of alkyl halides is 2. The maximum Gasteiger partial charge on any atom is 0.282 e. The molecule has 0 fully saturated rings. The van der Waals surface area contributed by atoms with Crippen LogP contribution < -0.4 is 5.32 Å². The van der Waals surface area contributed by atoms with Crippen LogP contribution in [0.5, 0.6) is 0 Å². The quantitative estimate of drug-likeness (QED) is 0.747. The van der Waals surface area contributed by atoms with Gasteiger partial charge in [-0.05, 0) is 33.3 Å². The summed E-state index contributed by atoms with van der Waals surface area (Å²) in [6, 6.07) is 0.679. The molecule has 1 atom stereocenters. The molecule has 1 rings (SSSR count). The summed E-state index contributed by atoms with van der Waals surface area (Å²) in [5.41, 5.74) is 0.232. The van der Waals surface area contributed by atoms with Crippen LogP contribution in [0.15, 0.2) is 6.07 Å². The van der Waals surface area contributed by atoms with Gasteiger partial charge in [0, 0.05) is 25.5 Å². The van der Waals surface area contributed by atoms with E-state index in [9.17, 15) is 13.6 Å². The molecule has 0 saturated carbocycles. The average Bonchev–Trinajstić information content (AvgIpc) is 2.79. The Hall–Kier alpha value is -1.50. The van der Waals surface area contributed by atoms with Gasteiger partial charge < -0.3 is 10.1 Å². The van der Waals surface area contributed by atoms with Crippen molar-refractivity contribution in [2.45, 2.75) is 39.7 Å². The van der Waals surface area contributed by atoms with Crippen LogP contribution in [0.4, 0.5) is 8.78 Å². The van der Waals surface area contributed by atoms with E-state index in [-0.39, 0.29) is 11.6 Å². The summed E-state index contributed by atoms with van der Waals surface area (Å²) in [6.07, 6.45) is -1.91. The van der Waals surface area contributed by atoms with E-state index < -0.39 is 12.5 Å². The number of amides is 1. The number of halogens is 2. The first-order valence-corrected chi connectivity index (χ1v) is 6.67. The Morgan fingerprint density at radius 1 is 1.55 bits per heavy atom. The van der Waals surface area contributed by atoms with Crippen molar-refractivity contribution in [1.82, 2.24) is 15.1 Å². The summed E-state index contributed by atoms with van der Waals surface area (Å²) in [5, 5.41) is 6.51. The van der Waals surface area contributed by atoms with Gasteiger partial charge in [-0.1, -0.05) is 0 Å². The van der Waals surface area contributed by atoms with Gasteiger partial charge >= 0.3 is 0 Å². The van der Waals surface area contributed by atoms with E-state index in [1.54, 1.807) is 13.8 Å². The van der Waals surface area contributed by atoms with Crippen LogP contribution in [0.2, 0.25) is 0 Å². The molecular weight excluding hydrogens is 268 g/mol. The minimum absolute atomic E-state index is 0.242. The first kappa shape index (κ1) is 16.6. The van der Waals surface area contributed by atoms with Crippen molar-refractivity contribution in [1.29, 1.82) is 0 Å². The standard InChI is InChI=1S/C13H21F2N3O2/c1-4-20-7-5-6-16-13(19)10(3)18-9(2)8-11(17-18)12(14)15/h8,10,12H,4-7H2,1-3H3,(H,16,19). The van der Waals surface area contributed by atoms with E-state index in [4.69, 9.17) is 4.74 Å². The SMILES string of the molecule is CCOCCCNC(=O)C(C)n1nc(C(F)F)cc1C. The van der Waals surface area contributed by atoms with Gasteiger partial charge in [0.15, 0.2) is 0 Å². The van der Waals surface area contributed by atoms with Gasteiger partial charge in [-0.15, -0.1) is 0 Å². The van der Waals surface area contributed by atoms with Gasteiger partial charge in [0.25, 0.3) is 6.43 Å². The molecule has 1 N–H and O–H groups in total. The molecule has 7 heteroatoms. The minimum Gasteiger partial charge on any atom is -0.382 e. The summed E-state index contributed by atoms with van der Waals surface area (Å²) in [5.74, 6) is -0.242. The van der Waals surface area contributed by atoms with Crippen LogP contribution in [-0.4, -0.2) is 35.4 Å². The number of rotatable bonds is 8. The summed E-state index contributed by atoms with van der Waals surface area (Å²) in [4.78, 5) is 11.9. The van der Waals surface area contributed by atoms with Crippen LogP contribution in [0.3, 0.4) is 0 Å². The van der Waals surface area contributed by atoms with Crippen molar-refractivity contribution in [3.8, 4) is 0 Å². The van der Waals surface area contributed by atoms with Crippen LogP contribution >= 0.6 is 0 Å². The van der Waals surface area contributed by atoms with E-state index in [1.807, 2.05) is 6.92 Å². The number of hydrogen-bond acceptors (Lipinski definition) is 3. The number of nitrogens with zero attached hydrogens (tertiary/aromatic N) is 2. The monoisotopic (exact) mass is 289 g/mol. The molecule has 0 aromatic carbocycles. The van der Waals surface area contributed by atoms with Crippen LogP contribution in [-0.2, 0) is 9.53 Å². The molecule has 0 bridgehead atoms. The number of ether oxygens (including phenoxy) is 1. The molecule has 5 nitrogen and oxygen atoms in total. The van der Waals surface area contributed by atoms with Gasteiger partial charge in [0.05, 0.1) is 0 Å². The molecular formula is C13H21F2N3O2. The van der Waals surface area contributed by atoms with Crippen molar-refractivity contribution in [2.24, 2.45) is 0 Å². The summed E-state index contributed by atoms with van der Waals surface area (Å²) >= 11 is 0. The lowest BCUT2D eigenvalue weighted by Gasteiger charge is -2.14.